The number of nitrogens with one attached hydrogen (secondary N) is 1. The lowest BCUT2D eigenvalue weighted by atomic mass is 10.1. The van der Waals surface area contributed by atoms with Crippen LogP contribution in [0.15, 0.2) is 0 Å². The van der Waals surface area contributed by atoms with Gasteiger partial charge < -0.3 is 14.8 Å². The number of hydrogen-bond donors (Lipinski definition) is 1. The van der Waals surface area contributed by atoms with Crippen LogP contribution < -0.4 is 5.32 Å². The molecule has 0 aromatic heterocycles. The first-order valence-corrected chi connectivity index (χ1v) is 7.02. The van der Waals surface area contributed by atoms with Gasteiger partial charge in [-0.2, -0.15) is 0 Å². The number of hydrogen-bond acceptors (Lipinski definition) is 3. The summed E-state index contributed by atoms with van der Waals surface area (Å²) in [6, 6.07) is 0. The monoisotopic (exact) mass is 243 g/mol. The normalized spacial score (nSPS) is 18.5. The van der Waals surface area contributed by atoms with Crippen molar-refractivity contribution in [3.63, 3.8) is 0 Å². The summed E-state index contributed by atoms with van der Waals surface area (Å²) in [5.41, 5.74) is 0.249. The van der Waals surface area contributed by atoms with E-state index in [-0.39, 0.29) is 5.54 Å². The van der Waals surface area contributed by atoms with E-state index in [4.69, 9.17) is 9.47 Å². The molecule has 102 valence electrons. The highest BCUT2D eigenvalue weighted by Crippen LogP contribution is 2.11. The van der Waals surface area contributed by atoms with Gasteiger partial charge in [0, 0.05) is 25.4 Å². The molecular weight excluding hydrogens is 214 g/mol. The van der Waals surface area contributed by atoms with Crippen LogP contribution >= 0.6 is 0 Å². The van der Waals surface area contributed by atoms with E-state index in [1.807, 2.05) is 0 Å². The molecular formula is C14H29NO2. The van der Waals surface area contributed by atoms with Gasteiger partial charge in [-0.1, -0.05) is 0 Å². The summed E-state index contributed by atoms with van der Waals surface area (Å²) in [5.74, 6) is 0. The second-order valence-electron chi connectivity index (χ2n) is 5.92. The van der Waals surface area contributed by atoms with Gasteiger partial charge in [-0.15, -0.1) is 0 Å². The van der Waals surface area contributed by atoms with Crippen molar-refractivity contribution in [2.75, 3.05) is 26.4 Å². The second-order valence-corrected chi connectivity index (χ2v) is 5.92. The average Bonchev–Trinajstić information content (AvgIpc) is 2.28. The predicted octanol–water partition coefficient (Wildman–Crippen LogP) is 2.74. The number of rotatable bonds is 7. The second kappa shape index (κ2) is 8.06. The molecule has 3 nitrogen and oxygen atoms in total. The highest BCUT2D eigenvalue weighted by atomic mass is 16.5. The third kappa shape index (κ3) is 8.58. The fraction of sp³-hybridized carbons (Fsp3) is 1.00. The smallest absolute Gasteiger partial charge is 0.0619 e. The van der Waals surface area contributed by atoms with Gasteiger partial charge in [0.15, 0.2) is 0 Å². The molecule has 0 aromatic carbocycles. The zero-order valence-electron chi connectivity index (χ0n) is 11.8. The minimum absolute atomic E-state index is 0.249. The highest BCUT2D eigenvalue weighted by Gasteiger charge is 2.13. The van der Waals surface area contributed by atoms with Crippen LogP contribution in [-0.2, 0) is 9.47 Å². The fourth-order valence-corrected chi connectivity index (χ4v) is 1.96. The van der Waals surface area contributed by atoms with Crippen LogP contribution in [0.4, 0.5) is 0 Å². The molecule has 0 atom stereocenters. The molecule has 17 heavy (non-hydrogen) atoms. The molecule has 1 rings (SSSR count). The summed E-state index contributed by atoms with van der Waals surface area (Å²) in [5, 5.41) is 3.50. The van der Waals surface area contributed by atoms with Crippen molar-refractivity contribution in [2.24, 2.45) is 0 Å². The maximum atomic E-state index is 5.83. The fourth-order valence-electron chi connectivity index (χ4n) is 1.96. The third-order valence-corrected chi connectivity index (χ3v) is 3.00. The maximum absolute atomic E-state index is 5.83. The maximum Gasteiger partial charge on any atom is 0.0619 e. The van der Waals surface area contributed by atoms with Gasteiger partial charge in [0.2, 0.25) is 0 Å². The Kier molecular flexibility index (Phi) is 7.09. The number of ether oxygens (including phenoxy) is 2. The van der Waals surface area contributed by atoms with E-state index in [0.717, 1.165) is 39.2 Å². The van der Waals surface area contributed by atoms with Gasteiger partial charge >= 0.3 is 0 Å². The Bertz CT molecular complexity index is 183. The van der Waals surface area contributed by atoms with Crippen LogP contribution in [0.5, 0.6) is 0 Å². The molecule has 0 spiro atoms. The van der Waals surface area contributed by atoms with Crippen molar-refractivity contribution < 1.29 is 9.47 Å². The van der Waals surface area contributed by atoms with Gasteiger partial charge in [0.1, 0.15) is 0 Å². The Hall–Kier alpha value is -0.120. The van der Waals surface area contributed by atoms with Crippen molar-refractivity contribution >= 4 is 0 Å². The van der Waals surface area contributed by atoms with E-state index in [1.54, 1.807) is 0 Å². The Balaban J connectivity index is 1.84. The molecule has 0 radical (unpaired) electrons. The summed E-state index contributed by atoms with van der Waals surface area (Å²) in [4.78, 5) is 0. The molecule has 1 N–H and O–H groups in total. The number of unbranched alkanes of at least 4 members (excludes halogenated alkanes) is 2. The summed E-state index contributed by atoms with van der Waals surface area (Å²) in [7, 11) is 0. The zero-order valence-corrected chi connectivity index (χ0v) is 11.8. The van der Waals surface area contributed by atoms with E-state index in [2.05, 4.69) is 26.1 Å². The minimum atomic E-state index is 0.249. The Morgan fingerprint density at radius 2 is 1.82 bits per heavy atom. The SMILES string of the molecule is CC(C)(C)NCCCCCOC1CCOCC1. The average molecular weight is 243 g/mol. The van der Waals surface area contributed by atoms with Crippen molar-refractivity contribution in [1.29, 1.82) is 0 Å². The van der Waals surface area contributed by atoms with E-state index in [0.29, 0.717) is 6.10 Å². The van der Waals surface area contributed by atoms with Crippen molar-refractivity contribution in [2.45, 2.75) is 64.5 Å². The molecule has 0 amide bonds. The van der Waals surface area contributed by atoms with Crippen LogP contribution in [0.2, 0.25) is 0 Å². The largest absolute Gasteiger partial charge is 0.381 e. The van der Waals surface area contributed by atoms with Crippen molar-refractivity contribution in [1.82, 2.24) is 5.32 Å². The zero-order chi connectivity index (χ0) is 12.6. The third-order valence-electron chi connectivity index (χ3n) is 3.00. The quantitative estimate of drug-likeness (QED) is 0.697. The van der Waals surface area contributed by atoms with Gasteiger partial charge in [0.25, 0.3) is 0 Å². The summed E-state index contributed by atoms with van der Waals surface area (Å²) in [6.07, 6.45) is 6.29. The molecule has 0 saturated carbocycles. The molecule has 1 heterocycles. The molecule has 0 unspecified atom stereocenters. The van der Waals surface area contributed by atoms with E-state index < -0.39 is 0 Å². The van der Waals surface area contributed by atoms with Crippen LogP contribution in [0, 0.1) is 0 Å². The van der Waals surface area contributed by atoms with Gasteiger partial charge in [-0.05, 0) is 59.4 Å². The molecule has 3 heteroatoms. The Labute approximate surface area is 106 Å². The highest BCUT2D eigenvalue weighted by molar-refractivity contribution is 4.69. The molecule has 1 aliphatic rings. The summed E-state index contributed by atoms with van der Waals surface area (Å²) < 4.78 is 11.1. The van der Waals surface area contributed by atoms with Crippen LogP contribution in [0.25, 0.3) is 0 Å². The Morgan fingerprint density at radius 1 is 1.12 bits per heavy atom. The molecule has 0 bridgehead atoms. The van der Waals surface area contributed by atoms with Crippen LogP contribution in [-0.4, -0.2) is 38.0 Å². The Morgan fingerprint density at radius 3 is 2.47 bits per heavy atom. The minimum Gasteiger partial charge on any atom is -0.381 e. The van der Waals surface area contributed by atoms with Crippen LogP contribution in [0.1, 0.15) is 52.9 Å². The predicted molar refractivity (Wildman–Crippen MR) is 71.4 cm³/mol. The van der Waals surface area contributed by atoms with Crippen LogP contribution in [0.3, 0.4) is 0 Å². The van der Waals surface area contributed by atoms with Gasteiger partial charge in [-0.3, -0.25) is 0 Å². The molecule has 1 saturated heterocycles. The van der Waals surface area contributed by atoms with E-state index in [9.17, 15) is 0 Å². The molecule has 0 aliphatic carbocycles. The summed E-state index contributed by atoms with van der Waals surface area (Å²) in [6.45, 7) is 10.4. The van der Waals surface area contributed by atoms with E-state index in [1.165, 1.54) is 19.3 Å². The molecule has 1 fully saturated rings. The van der Waals surface area contributed by atoms with Gasteiger partial charge in [-0.25, -0.2) is 0 Å². The van der Waals surface area contributed by atoms with Crippen molar-refractivity contribution in [3.05, 3.63) is 0 Å². The first kappa shape index (κ1) is 14.9. The standard InChI is InChI=1S/C14H29NO2/c1-14(2,3)15-9-5-4-6-10-17-13-7-11-16-12-8-13/h13,15H,4-12H2,1-3H3. The molecule has 1 aliphatic heterocycles. The lowest BCUT2D eigenvalue weighted by Gasteiger charge is -2.22. The molecule has 0 aromatic rings. The summed E-state index contributed by atoms with van der Waals surface area (Å²) >= 11 is 0. The lowest BCUT2D eigenvalue weighted by Crippen LogP contribution is -2.36. The van der Waals surface area contributed by atoms with Crippen molar-refractivity contribution in [3.8, 4) is 0 Å². The lowest BCUT2D eigenvalue weighted by molar-refractivity contribution is -0.0327. The first-order valence-electron chi connectivity index (χ1n) is 7.02. The van der Waals surface area contributed by atoms with E-state index >= 15 is 0 Å². The first-order chi connectivity index (χ1) is 8.08. The topological polar surface area (TPSA) is 30.5 Å². The van der Waals surface area contributed by atoms with Gasteiger partial charge in [0.05, 0.1) is 6.10 Å².